The fourth-order valence-electron chi connectivity index (χ4n) is 4.04. The van der Waals surface area contributed by atoms with Gasteiger partial charge in [0.15, 0.2) is 0 Å². The van der Waals surface area contributed by atoms with Crippen molar-refractivity contribution in [3.05, 3.63) is 65.0 Å². The summed E-state index contributed by atoms with van der Waals surface area (Å²) in [7, 11) is 0. The van der Waals surface area contributed by atoms with E-state index >= 15 is 0 Å². The Morgan fingerprint density at radius 2 is 1.80 bits per heavy atom. The normalized spacial score (nSPS) is 31.6. The second kappa shape index (κ2) is 5.66. The summed E-state index contributed by atoms with van der Waals surface area (Å²) in [5.41, 5.74) is 2.11. The highest BCUT2D eigenvalue weighted by atomic mass is 19.4. The molecule has 1 unspecified atom stereocenters. The maximum atomic E-state index is 13.3. The molecule has 0 amide bonds. The molecule has 6 heteroatoms. The first-order valence-corrected chi connectivity index (χ1v) is 8.16. The van der Waals surface area contributed by atoms with Crippen LogP contribution in [0.3, 0.4) is 0 Å². The Bertz CT molecular complexity index is 774. The highest BCUT2D eigenvalue weighted by Crippen LogP contribution is 2.54. The van der Waals surface area contributed by atoms with E-state index in [0.29, 0.717) is 11.1 Å². The molecule has 1 aromatic rings. The maximum absolute atomic E-state index is 13.3. The van der Waals surface area contributed by atoms with Gasteiger partial charge in [-0.3, -0.25) is 0 Å². The van der Waals surface area contributed by atoms with Crippen molar-refractivity contribution in [2.75, 3.05) is 0 Å². The van der Waals surface area contributed by atoms with Crippen molar-refractivity contribution in [2.24, 2.45) is 11.8 Å². The van der Waals surface area contributed by atoms with Crippen LogP contribution in [0.25, 0.3) is 0 Å². The molecular formula is C19H17F3O3. The van der Waals surface area contributed by atoms with E-state index in [1.54, 1.807) is 18.2 Å². The van der Waals surface area contributed by atoms with Crippen LogP contribution >= 0.6 is 0 Å². The van der Waals surface area contributed by atoms with Gasteiger partial charge in [0, 0.05) is 5.92 Å². The largest absolute Gasteiger partial charge is 0.508 e. The minimum atomic E-state index is -4.25. The number of aliphatic hydroxyl groups is 1. The molecule has 2 aliphatic carbocycles. The van der Waals surface area contributed by atoms with Crippen LogP contribution in [0.1, 0.15) is 24.5 Å². The molecule has 3 nitrogen and oxygen atoms in total. The first-order chi connectivity index (χ1) is 11.8. The van der Waals surface area contributed by atoms with Crippen molar-refractivity contribution in [1.29, 1.82) is 0 Å². The molecule has 1 saturated carbocycles. The number of ether oxygens (including phenoxy) is 1. The van der Waals surface area contributed by atoms with E-state index in [9.17, 15) is 23.4 Å². The molecule has 25 heavy (non-hydrogen) atoms. The maximum Gasteiger partial charge on any atom is 0.392 e. The number of aliphatic hydroxyl groups excluding tert-OH is 1. The second-order valence-electron chi connectivity index (χ2n) is 6.76. The third-order valence-corrected chi connectivity index (χ3v) is 5.22. The molecule has 0 aromatic heterocycles. The van der Waals surface area contributed by atoms with Gasteiger partial charge in [0.05, 0.1) is 12.0 Å². The molecular weight excluding hydrogens is 333 g/mol. The molecule has 3 aliphatic rings. The highest BCUT2D eigenvalue weighted by molar-refractivity contribution is 5.46. The molecule has 4 rings (SSSR count). The predicted octanol–water partition coefficient (Wildman–Crippen LogP) is 4.73. The Balaban J connectivity index is 1.77. The first kappa shape index (κ1) is 16.3. The minimum absolute atomic E-state index is 0.0274. The number of alkyl halides is 3. The van der Waals surface area contributed by atoms with E-state index in [0.717, 1.165) is 5.56 Å². The topological polar surface area (TPSA) is 49.7 Å². The summed E-state index contributed by atoms with van der Waals surface area (Å²) >= 11 is 0. The summed E-state index contributed by atoms with van der Waals surface area (Å²) in [6.07, 6.45) is -0.631. The number of aromatic hydroxyl groups is 1. The zero-order chi connectivity index (χ0) is 17.8. The highest BCUT2D eigenvalue weighted by Gasteiger charge is 2.51. The number of phenolic OH excluding ortho intramolecular Hbond substituents is 1. The molecule has 1 aromatic carbocycles. The van der Waals surface area contributed by atoms with Gasteiger partial charge in [0.2, 0.25) is 0 Å². The van der Waals surface area contributed by atoms with Crippen LogP contribution in [0.5, 0.6) is 5.75 Å². The van der Waals surface area contributed by atoms with Gasteiger partial charge < -0.3 is 14.9 Å². The second-order valence-corrected chi connectivity index (χ2v) is 6.76. The van der Waals surface area contributed by atoms with Gasteiger partial charge in [0.25, 0.3) is 0 Å². The van der Waals surface area contributed by atoms with Gasteiger partial charge in [-0.2, -0.15) is 13.2 Å². The summed E-state index contributed by atoms with van der Waals surface area (Å²) in [6.45, 7) is 0. The Morgan fingerprint density at radius 3 is 2.48 bits per heavy atom. The van der Waals surface area contributed by atoms with Crippen molar-refractivity contribution < 1.29 is 28.1 Å². The lowest BCUT2D eigenvalue weighted by Gasteiger charge is -2.37. The molecule has 1 aliphatic heterocycles. The van der Waals surface area contributed by atoms with Crippen molar-refractivity contribution in [3.63, 3.8) is 0 Å². The zero-order valence-electron chi connectivity index (χ0n) is 13.2. The Labute approximate surface area is 142 Å². The number of benzene rings is 1. The number of rotatable bonds is 1. The molecule has 4 atom stereocenters. The average Bonchev–Trinajstić information content (AvgIpc) is 3.01. The zero-order valence-corrected chi connectivity index (χ0v) is 13.2. The van der Waals surface area contributed by atoms with Crippen molar-refractivity contribution in [2.45, 2.75) is 31.2 Å². The molecule has 0 spiro atoms. The summed E-state index contributed by atoms with van der Waals surface area (Å²) in [6, 6.07) is 6.39. The van der Waals surface area contributed by atoms with Crippen LogP contribution in [-0.4, -0.2) is 22.5 Å². The molecule has 0 saturated heterocycles. The van der Waals surface area contributed by atoms with Crippen molar-refractivity contribution in [3.8, 4) is 5.75 Å². The number of allylic oxidation sites excluding steroid dienone is 1. The molecule has 1 heterocycles. The average molecular weight is 350 g/mol. The van der Waals surface area contributed by atoms with Crippen LogP contribution < -0.4 is 0 Å². The van der Waals surface area contributed by atoms with Gasteiger partial charge in [0.1, 0.15) is 17.6 Å². The smallest absolute Gasteiger partial charge is 0.392 e. The third-order valence-electron chi connectivity index (χ3n) is 5.22. The van der Waals surface area contributed by atoms with Crippen LogP contribution in [0.4, 0.5) is 13.2 Å². The number of phenols is 1. The molecule has 1 fully saturated rings. The van der Waals surface area contributed by atoms with E-state index < -0.39 is 30.2 Å². The standard InChI is InChI=1S/C19H17F3O3/c20-19(21,22)11-7-14-15-9-13(24)5-6-17(15)25-18(16(14)8-11)10-1-3-12(23)4-2-10/h1-6,9,11,16-18,23-24H,7-8H2/t11-,16-,17?,18-/m0/s1. The van der Waals surface area contributed by atoms with Crippen molar-refractivity contribution >= 4 is 0 Å². The lowest BCUT2D eigenvalue weighted by Crippen LogP contribution is -2.30. The lowest BCUT2D eigenvalue weighted by atomic mass is 9.82. The van der Waals surface area contributed by atoms with E-state index in [1.807, 2.05) is 0 Å². The Morgan fingerprint density at radius 1 is 1.08 bits per heavy atom. The van der Waals surface area contributed by atoms with Crippen LogP contribution in [-0.2, 0) is 4.74 Å². The first-order valence-electron chi connectivity index (χ1n) is 8.16. The van der Waals surface area contributed by atoms with Crippen LogP contribution in [0, 0.1) is 11.8 Å². The van der Waals surface area contributed by atoms with Crippen molar-refractivity contribution in [1.82, 2.24) is 0 Å². The third kappa shape index (κ3) is 2.84. The predicted molar refractivity (Wildman–Crippen MR) is 84.9 cm³/mol. The van der Waals surface area contributed by atoms with E-state index in [-0.39, 0.29) is 24.4 Å². The van der Waals surface area contributed by atoms with E-state index in [1.165, 1.54) is 24.3 Å². The van der Waals surface area contributed by atoms with E-state index in [2.05, 4.69) is 0 Å². The number of hydrogen-bond acceptors (Lipinski definition) is 3. The summed E-state index contributed by atoms with van der Waals surface area (Å²) in [5.74, 6) is -1.66. The summed E-state index contributed by atoms with van der Waals surface area (Å²) in [4.78, 5) is 0. The molecule has 132 valence electrons. The lowest BCUT2D eigenvalue weighted by molar-refractivity contribution is -0.173. The molecule has 0 bridgehead atoms. The molecule has 0 radical (unpaired) electrons. The quantitative estimate of drug-likeness (QED) is 0.770. The Hall–Kier alpha value is -2.21. The number of hydrogen-bond donors (Lipinski definition) is 2. The fraction of sp³-hybridized carbons (Fsp3) is 0.368. The Kier molecular flexibility index (Phi) is 3.68. The van der Waals surface area contributed by atoms with Gasteiger partial charge in [-0.1, -0.05) is 17.7 Å². The van der Waals surface area contributed by atoms with E-state index in [4.69, 9.17) is 4.74 Å². The van der Waals surface area contributed by atoms with Gasteiger partial charge in [-0.05, 0) is 54.3 Å². The SMILES string of the molecule is OC1=CC2=C3C[C@H](C(F)(F)F)C[C@@H]3[C@H](c3ccc(O)cc3)OC2C=C1. The summed E-state index contributed by atoms with van der Waals surface area (Å²) in [5, 5.41) is 19.2. The van der Waals surface area contributed by atoms with Crippen LogP contribution in [0.15, 0.2) is 59.4 Å². The molecule has 2 N–H and O–H groups in total. The minimum Gasteiger partial charge on any atom is -0.508 e. The number of halogens is 3. The summed E-state index contributed by atoms with van der Waals surface area (Å²) < 4.78 is 46.0. The van der Waals surface area contributed by atoms with Gasteiger partial charge >= 0.3 is 6.18 Å². The van der Waals surface area contributed by atoms with Gasteiger partial charge in [-0.15, -0.1) is 0 Å². The van der Waals surface area contributed by atoms with Gasteiger partial charge in [-0.25, -0.2) is 0 Å². The van der Waals surface area contributed by atoms with Crippen LogP contribution in [0.2, 0.25) is 0 Å². The fourth-order valence-corrected chi connectivity index (χ4v) is 4.04. The number of fused-ring (bicyclic) bond motifs is 2. The monoisotopic (exact) mass is 350 g/mol.